The molecule has 1 amide bonds. The highest BCUT2D eigenvalue weighted by molar-refractivity contribution is 7.89. The van der Waals surface area contributed by atoms with E-state index in [0.717, 1.165) is 10.4 Å². The second-order valence-electron chi connectivity index (χ2n) is 5.93. The Balaban J connectivity index is 1.73. The minimum atomic E-state index is -3.92. The molecule has 3 rings (SSSR count). The Morgan fingerprint density at radius 2 is 1.70 bits per heavy atom. The molecule has 0 unspecified atom stereocenters. The van der Waals surface area contributed by atoms with Gasteiger partial charge in [-0.15, -0.1) is 0 Å². The number of carbonyl (C=O) groups excluding carboxylic acids is 1. The molecular formula is C17H16FN3O5S. The smallest absolute Gasteiger partial charge is 0.270 e. The largest absolute Gasteiger partial charge is 0.336 e. The first-order valence-corrected chi connectivity index (χ1v) is 9.53. The first-order valence-electron chi connectivity index (χ1n) is 8.09. The number of benzene rings is 2. The number of amides is 1. The van der Waals surface area contributed by atoms with Crippen LogP contribution in [0.3, 0.4) is 0 Å². The SMILES string of the molecule is O=C(c1ccccc1F)N1CCN(S(=O)(=O)c2cccc([N+](=O)[O-])c2)CC1. The van der Waals surface area contributed by atoms with Crippen molar-refractivity contribution in [3.63, 3.8) is 0 Å². The molecule has 0 saturated carbocycles. The number of rotatable bonds is 4. The molecule has 10 heteroatoms. The van der Waals surface area contributed by atoms with Gasteiger partial charge >= 0.3 is 0 Å². The van der Waals surface area contributed by atoms with Crippen molar-refractivity contribution in [2.45, 2.75) is 4.90 Å². The van der Waals surface area contributed by atoms with E-state index in [-0.39, 0.29) is 42.3 Å². The van der Waals surface area contributed by atoms with Crippen LogP contribution < -0.4 is 0 Å². The van der Waals surface area contributed by atoms with Crippen LogP contribution in [0.2, 0.25) is 0 Å². The maximum atomic E-state index is 13.8. The second kappa shape index (κ2) is 7.41. The number of halogens is 1. The highest BCUT2D eigenvalue weighted by atomic mass is 32.2. The summed E-state index contributed by atoms with van der Waals surface area (Å²) in [6.45, 7) is 0.235. The van der Waals surface area contributed by atoms with Crippen molar-refractivity contribution in [1.29, 1.82) is 0 Å². The molecule has 1 aliphatic heterocycles. The molecule has 0 radical (unpaired) electrons. The monoisotopic (exact) mass is 393 g/mol. The third-order valence-electron chi connectivity index (χ3n) is 4.30. The van der Waals surface area contributed by atoms with Crippen molar-refractivity contribution in [2.75, 3.05) is 26.2 Å². The summed E-state index contributed by atoms with van der Waals surface area (Å²) in [6, 6.07) is 10.4. The van der Waals surface area contributed by atoms with E-state index in [4.69, 9.17) is 0 Å². The van der Waals surface area contributed by atoms with Crippen LogP contribution in [0.15, 0.2) is 53.4 Å². The second-order valence-corrected chi connectivity index (χ2v) is 7.87. The van der Waals surface area contributed by atoms with Crippen molar-refractivity contribution in [2.24, 2.45) is 0 Å². The van der Waals surface area contributed by atoms with Crippen molar-refractivity contribution in [3.05, 3.63) is 70.0 Å². The average molecular weight is 393 g/mol. The van der Waals surface area contributed by atoms with Crippen LogP contribution >= 0.6 is 0 Å². The van der Waals surface area contributed by atoms with E-state index in [1.54, 1.807) is 6.07 Å². The molecule has 0 N–H and O–H groups in total. The molecule has 1 aliphatic rings. The van der Waals surface area contributed by atoms with Gasteiger partial charge in [0.1, 0.15) is 5.82 Å². The molecule has 0 spiro atoms. The number of non-ortho nitro benzene ring substituents is 1. The molecule has 0 atom stereocenters. The first-order chi connectivity index (χ1) is 12.8. The van der Waals surface area contributed by atoms with Crippen LogP contribution in [0, 0.1) is 15.9 Å². The van der Waals surface area contributed by atoms with E-state index in [1.807, 2.05) is 0 Å². The van der Waals surface area contributed by atoms with Gasteiger partial charge in [-0.2, -0.15) is 4.31 Å². The van der Waals surface area contributed by atoms with E-state index in [1.165, 1.54) is 41.3 Å². The minimum absolute atomic E-state index is 0.0191. The van der Waals surface area contributed by atoms with Crippen LogP contribution in [0.1, 0.15) is 10.4 Å². The molecule has 2 aromatic carbocycles. The number of piperazine rings is 1. The number of sulfonamides is 1. The van der Waals surface area contributed by atoms with Crippen molar-refractivity contribution in [1.82, 2.24) is 9.21 Å². The van der Waals surface area contributed by atoms with E-state index in [2.05, 4.69) is 0 Å². The molecule has 2 aromatic rings. The zero-order chi connectivity index (χ0) is 19.6. The Kier molecular flexibility index (Phi) is 5.19. The van der Waals surface area contributed by atoms with E-state index in [9.17, 15) is 27.7 Å². The zero-order valence-electron chi connectivity index (χ0n) is 14.1. The van der Waals surface area contributed by atoms with Crippen LogP contribution in [-0.2, 0) is 10.0 Å². The summed E-state index contributed by atoms with van der Waals surface area (Å²) < 4.78 is 40.3. The molecule has 1 heterocycles. The normalized spacial score (nSPS) is 15.5. The van der Waals surface area contributed by atoms with Gasteiger partial charge in [0.2, 0.25) is 10.0 Å². The number of carbonyl (C=O) groups is 1. The van der Waals surface area contributed by atoms with Gasteiger partial charge in [-0.3, -0.25) is 14.9 Å². The minimum Gasteiger partial charge on any atom is -0.336 e. The van der Waals surface area contributed by atoms with Gasteiger partial charge < -0.3 is 4.90 Å². The lowest BCUT2D eigenvalue weighted by Gasteiger charge is -2.34. The van der Waals surface area contributed by atoms with Crippen LogP contribution in [0.25, 0.3) is 0 Å². The summed E-state index contributed by atoms with van der Waals surface area (Å²) in [4.78, 5) is 23.8. The Hall–Kier alpha value is -2.85. The van der Waals surface area contributed by atoms with E-state index >= 15 is 0 Å². The molecule has 27 heavy (non-hydrogen) atoms. The van der Waals surface area contributed by atoms with Gasteiger partial charge in [0.25, 0.3) is 11.6 Å². The fraction of sp³-hybridized carbons (Fsp3) is 0.235. The van der Waals surface area contributed by atoms with Gasteiger partial charge in [-0.1, -0.05) is 18.2 Å². The molecule has 0 aliphatic carbocycles. The Morgan fingerprint density at radius 3 is 2.33 bits per heavy atom. The van der Waals surface area contributed by atoms with E-state index < -0.39 is 26.7 Å². The summed E-state index contributed by atoms with van der Waals surface area (Å²) in [5.74, 6) is -1.13. The molecule has 1 fully saturated rings. The number of nitrogens with zero attached hydrogens (tertiary/aromatic N) is 3. The van der Waals surface area contributed by atoms with Gasteiger partial charge in [0.05, 0.1) is 15.4 Å². The summed E-state index contributed by atoms with van der Waals surface area (Å²) >= 11 is 0. The maximum Gasteiger partial charge on any atom is 0.270 e. The zero-order valence-corrected chi connectivity index (χ0v) is 14.9. The predicted octanol–water partition coefficient (Wildman–Crippen LogP) is 1.88. The summed E-state index contributed by atoms with van der Waals surface area (Å²) in [5, 5.41) is 10.9. The summed E-state index contributed by atoms with van der Waals surface area (Å²) in [6.07, 6.45) is 0. The summed E-state index contributed by atoms with van der Waals surface area (Å²) in [5.41, 5.74) is -0.378. The van der Waals surface area contributed by atoms with E-state index in [0.29, 0.717) is 0 Å². The highest BCUT2D eigenvalue weighted by Crippen LogP contribution is 2.22. The Morgan fingerprint density at radius 1 is 1.04 bits per heavy atom. The molecule has 1 saturated heterocycles. The lowest BCUT2D eigenvalue weighted by Crippen LogP contribution is -2.50. The summed E-state index contributed by atoms with van der Waals surface area (Å²) in [7, 11) is -3.92. The topological polar surface area (TPSA) is 101 Å². The van der Waals surface area contributed by atoms with Crippen LogP contribution in [0.4, 0.5) is 10.1 Å². The third kappa shape index (κ3) is 3.81. The third-order valence-corrected chi connectivity index (χ3v) is 6.19. The van der Waals surface area contributed by atoms with Gasteiger partial charge in [-0.05, 0) is 18.2 Å². The molecule has 8 nitrogen and oxygen atoms in total. The predicted molar refractivity (Wildman–Crippen MR) is 94.2 cm³/mol. The average Bonchev–Trinajstić information content (AvgIpc) is 2.68. The van der Waals surface area contributed by atoms with Gasteiger partial charge in [0, 0.05) is 38.3 Å². The first kappa shape index (κ1) is 18.9. The van der Waals surface area contributed by atoms with Gasteiger partial charge in [-0.25, -0.2) is 12.8 Å². The quantitative estimate of drug-likeness (QED) is 0.583. The molecule has 0 aromatic heterocycles. The van der Waals surface area contributed by atoms with Gasteiger partial charge in [0.15, 0.2) is 0 Å². The molecule has 142 valence electrons. The van der Waals surface area contributed by atoms with Crippen molar-refractivity contribution >= 4 is 21.6 Å². The maximum absolute atomic E-state index is 13.8. The van der Waals surface area contributed by atoms with Crippen molar-refractivity contribution in [3.8, 4) is 0 Å². The molecular weight excluding hydrogens is 377 g/mol. The Bertz CT molecular complexity index is 988. The number of hydrogen-bond donors (Lipinski definition) is 0. The lowest BCUT2D eigenvalue weighted by molar-refractivity contribution is -0.385. The number of nitro groups is 1. The number of nitro benzene ring substituents is 1. The highest BCUT2D eigenvalue weighted by Gasteiger charge is 2.31. The lowest BCUT2D eigenvalue weighted by atomic mass is 10.1. The molecule has 0 bridgehead atoms. The standard InChI is InChI=1S/C17H16FN3O5S/c18-16-7-2-1-6-15(16)17(22)19-8-10-20(11-9-19)27(25,26)14-5-3-4-13(12-14)21(23)24/h1-7,12H,8-11H2. The number of hydrogen-bond acceptors (Lipinski definition) is 5. The Labute approximate surface area is 155 Å². The van der Waals surface area contributed by atoms with Crippen LogP contribution in [-0.4, -0.2) is 54.6 Å². The fourth-order valence-electron chi connectivity index (χ4n) is 2.84. The van der Waals surface area contributed by atoms with Crippen molar-refractivity contribution < 1.29 is 22.5 Å². The van der Waals surface area contributed by atoms with Crippen LogP contribution in [0.5, 0.6) is 0 Å². The fourth-order valence-corrected chi connectivity index (χ4v) is 4.31.